The van der Waals surface area contributed by atoms with E-state index in [1.165, 1.54) is 17.4 Å². The molecule has 2 aromatic rings. The average Bonchev–Trinajstić information content (AvgIpc) is 2.86. The van der Waals surface area contributed by atoms with Gasteiger partial charge in [0, 0.05) is 6.20 Å². The Balaban J connectivity index is 2.05. The van der Waals surface area contributed by atoms with Crippen molar-refractivity contribution in [2.75, 3.05) is 10.2 Å². The van der Waals surface area contributed by atoms with Gasteiger partial charge >= 0.3 is 18.4 Å². The van der Waals surface area contributed by atoms with Gasteiger partial charge in [-0.1, -0.05) is 12.1 Å². The minimum atomic E-state index is -5.33. The molecular formula is C16H10F6N4O2. The first kappa shape index (κ1) is 19.5. The van der Waals surface area contributed by atoms with Crippen molar-refractivity contribution in [3.05, 3.63) is 54.2 Å². The molecule has 148 valence electrons. The number of benzene rings is 1. The second-order valence-corrected chi connectivity index (χ2v) is 5.71. The molecule has 3 rings (SSSR count). The maximum absolute atomic E-state index is 13.8. The molecule has 6 nitrogen and oxygen atoms in total. The van der Waals surface area contributed by atoms with Crippen LogP contribution in [-0.4, -0.2) is 28.8 Å². The van der Waals surface area contributed by atoms with Gasteiger partial charge in [0.1, 0.15) is 5.82 Å². The predicted molar refractivity (Wildman–Crippen MR) is 84.1 cm³/mol. The van der Waals surface area contributed by atoms with Gasteiger partial charge in [-0.05, 0) is 30.3 Å². The molecule has 1 unspecified atom stereocenters. The Morgan fingerprint density at radius 2 is 1.71 bits per heavy atom. The van der Waals surface area contributed by atoms with Crippen LogP contribution in [0, 0.1) is 0 Å². The predicted octanol–water partition coefficient (Wildman–Crippen LogP) is 3.53. The molecule has 0 spiro atoms. The minimum Gasteiger partial charge on any atom is -0.332 e. The molecule has 0 bridgehead atoms. The number of alkyl halides is 6. The maximum Gasteiger partial charge on any atom is 0.440 e. The van der Waals surface area contributed by atoms with E-state index in [4.69, 9.17) is 0 Å². The fourth-order valence-electron chi connectivity index (χ4n) is 2.56. The van der Waals surface area contributed by atoms with E-state index >= 15 is 0 Å². The molecule has 1 saturated heterocycles. The summed E-state index contributed by atoms with van der Waals surface area (Å²) in [6, 6.07) is 5.19. The number of anilines is 2. The fraction of sp³-hybridized carbons (Fsp3) is 0.188. The number of urea groups is 1. The summed E-state index contributed by atoms with van der Waals surface area (Å²) in [7, 11) is 0. The molecule has 0 aliphatic carbocycles. The third-order valence-corrected chi connectivity index (χ3v) is 3.86. The van der Waals surface area contributed by atoms with E-state index in [1.807, 2.05) is 5.32 Å². The highest BCUT2D eigenvalue weighted by Crippen LogP contribution is 2.39. The zero-order valence-electron chi connectivity index (χ0n) is 13.6. The number of pyridine rings is 1. The second-order valence-electron chi connectivity index (χ2n) is 5.71. The molecule has 1 aliphatic heterocycles. The molecule has 28 heavy (non-hydrogen) atoms. The van der Waals surface area contributed by atoms with Gasteiger partial charge in [0.05, 0.1) is 11.3 Å². The topological polar surface area (TPSA) is 74.3 Å². The summed E-state index contributed by atoms with van der Waals surface area (Å²) >= 11 is 0. The van der Waals surface area contributed by atoms with Crippen LogP contribution in [0.25, 0.3) is 0 Å². The molecule has 0 radical (unpaired) electrons. The molecule has 12 heteroatoms. The van der Waals surface area contributed by atoms with E-state index in [0.29, 0.717) is 12.1 Å². The third kappa shape index (κ3) is 3.21. The van der Waals surface area contributed by atoms with Gasteiger partial charge in [-0.15, -0.1) is 0 Å². The van der Waals surface area contributed by atoms with Crippen molar-refractivity contribution in [2.24, 2.45) is 0 Å². The highest BCUT2D eigenvalue weighted by molar-refractivity contribution is 6.24. The lowest BCUT2D eigenvalue weighted by molar-refractivity contribution is -0.185. The van der Waals surface area contributed by atoms with Gasteiger partial charge in [0.15, 0.2) is 0 Å². The monoisotopic (exact) mass is 404 g/mol. The highest BCUT2D eigenvalue weighted by Gasteiger charge is 2.68. The largest absolute Gasteiger partial charge is 0.440 e. The Morgan fingerprint density at radius 3 is 2.29 bits per heavy atom. The van der Waals surface area contributed by atoms with Crippen LogP contribution in [0.3, 0.4) is 0 Å². The summed E-state index contributed by atoms with van der Waals surface area (Å²) in [5.74, 6) is -2.21. The SMILES string of the molecule is O=C1NC(Nc2ccccn2)(C(F)(F)F)C(=O)N1c1cccc(C(F)(F)F)c1. The Bertz CT molecular complexity index is 915. The van der Waals surface area contributed by atoms with Gasteiger partial charge in [0.2, 0.25) is 0 Å². The van der Waals surface area contributed by atoms with Crippen molar-refractivity contribution in [3.8, 4) is 0 Å². The van der Waals surface area contributed by atoms with Crippen LogP contribution in [0.15, 0.2) is 48.7 Å². The van der Waals surface area contributed by atoms with Gasteiger partial charge in [-0.25, -0.2) is 14.7 Å². The number of nitrogens with one attached hydrogen (secondary N) is 2. The van der Waals surface area contributed by atoms with E-state index in [-0.39, 0.29) is 10.7 Å². The Hall–Kier alpha value is -3.31. The number of imide groups is 1. The third-order valence-electron chi connectivity index (χ3n) is 3.86. The Morgan fingerprint density at radius 1 is 1.00 bits per heavy atom. The van der Waals surface area contributed by atoms with Gasteiger partial charge in [0.25, 0.3) is 11.6 Å². The summed E-state index contributed by atoms with van der Waals surface area (Å²) < 4.78 is 79.9. The summed E-state index contributed by atoms with van der Waals surface area (Å²) in [5.41, 5.74) is -5.48. The normalized spacial score (nSPS) is 20.3. The second kappa shape index (κ2) is 6.39. The fourth-order valence-corrected chi connectivity index (χ4v) is 2.56. The molecule has 2 N–H and O–H groups in total. The van der Waals surface area contributed by atoms with E-state index in [2.05, 4.69) is 4.98 Å². The quantitative estimate of drug-likeness (QED) is 0.607. The number of rotatable bonds is 3. The summed E-state index contributed by atoms with van der Waals surface area (Å²) in [6.07, 6.45) is -8.99. The zero-order valence-corrected chi connectivity index (χ0v) is 13.6. The first-order chi connectivity index (χ1) is 13.0. The van der Waals surface area contributed by atoms with Crippen LogP contribution in [0.4, 0.5) is 42.6 Å². The van der Waals surface area contributed by atoms with Crippen molar-refractivity contribution in [3.63, 3.8) is 0 Å². The molecule has 1 aromatic heterocycles. The van der Waals surface area contributed by atoms with Crippen LogP contribution in [0.1, 0.15) is 5.56 Å². The highest BCUT2D eigenvalue weighted by atomic mass is 19.4. The lowest BCUT2D eigenvalue weighted by Crippen LogP contribution is -2.64. The smallest absolute Gasteiger partial charge is 0.332 e. The zero-order chi connectivity index (χ0) is 20.7. The lowest BCUT2D eigenvalue weighted by Gasteiger charge is -2.30. The number of halogens is 6. The van der Waals surface area contributed by atoms with E-state index in [1.54, 1.807) is 0 Å². The molecule has 1 aliphatic rings. The summed E-state index contributed by atoms with van der Waals surface area (Å²) in [6.45, 7) is 0. The molecule has 1 fully saturated rings. The number of amides is 3. The number of hydrogen-bond acceptors (Lipinski definition) is 4. The maximum atomic E-state index is 13.8. The van der Waals surface area contributed by atoms with Gasteiger partial charge in [-0.3, -0.25) is 10.1 Å². The average molecular weight is 404 g/mol. The van der Waals surface area contributed by atoms with Crippen molar-refractivity contribution >= 4 is 23.4 Å². The number of aromatic nitrogens is 1. The molecule has 1 aromatic carbocycles. The molecule has 2 heterocycles. The van der Waals surface area contributed by atoms with E-state index in [9.17, 15) is 35.9 Å². The molecule has 3 amide bonds. The van der Waals surface area contributed by atoms with E-state index < -0.39 is 41.2 Å². The number of carbonyl (C=O) groups is 2. The number of hydrogen-bond donors (Lipinski definition) is 2. The van der Waals surface area contributed by atoms with Crippen LogP contribution >= 0.6 is 0 Å². The molecular weight excluding hydrogens is 394 g/mol. The number of nitrogens with zero attached hydrogens (tertiary/aromatic N) is 2. The van der Waals surface area contributed by atoms with Crippen molar-refractivity contribution in [1.82, 2.24) is 10.3 Å². The Kier molecular flexibility index (Phi) is 4.44. The summed E-state index contributed by atoms with van der Waals surface area (Å²) in [5, 5.41) is 3.33. The van der Waals surface area contributed by atoms with Gasteiger partial charge in [-0.2, -0.15) is 26.3 Å². The van der Waals surface area contributed by atoms with Crippen LogP contribution in [0.2, 0.25) is 0 Å². The lowest BCUT2D eigenvalue weighted by atomic mass is 10.1. The standard InChI is InChI=1S/C16H10F6N4O2/c17-15(18,19)9-4-3-5-10(8-9)26-12(27)14(16(20,21)22,25-13(26)28)24-11-6-1-2-7-23-11/h1-8H,(H,23,24)(H,25,28). The van der Waals surface area contributed by atoms with Crippen LogP contribution in [0.5, 0.6) is 0 Å². The van der Waals surface area contributed by atoms with Crippen molar-refractivity contribution in [1.29, 1.82) is 0 Å². The van der Waals surface area contributed by atoms with E-state index in [0.717, 1.165) is 24.4 Å². The van der Waals surface area contributed by atoms with Crippen LogP contribution in [-0.2, 0) is 11.0 Å². The van der Waals surface area contributed by atoms with Crippen molar-refractivity contribution in [2.45, 2.75) is 18.0 Å². The minimum absolute atomic E-state index is 0.00132. The Labute approximate surface area is 153 Å². The van der Waals surface area contributed by atoms with Crippen LogP contribution < -0.4 is 15.5 Å². The molecule has 0 saturated carbocycles. The van der Waals surface area contributed by atoms with Crippen molar-refractivity contribution < 1.29 is 35.9 Å². The summed E-state index contributed by atoms with van der Waals surface area (Å²) in [4.78, 5) is 28.4. The van der Waals surface area contributed by atoms with Gasteiger partial charge < -0.3 is 5.32 Å². The number of carbonyl (C=O) groups excluding carboxylic acids is 2. The molecule has 1 atom stereocenters. The first-order valence-corrected chi connectivity index (χ1v) is 7.55. The first-order valence-electron chi connectivity index (χ1n) is 7.55.